The molecule has 0 saturated heterocycles. The maximum absolute atomic E-state index is 12.6. The van der Waals surface area contributed by atoms with Gasteiger partial charge in [0.1, 0.15) is 0 Å². The van der Waals surface area contributed by atoms with Gasteiger partial charge in [-0.05, 0) is 51.1 Å². The zero-order chi connectivity index (χ0) is 19.0. The SMILES string of the molecule is Cc1cc(C)n(C(=O)C[C@@H](C)S(=O)(=O)c2ccc(C(F)(F)F)cc2)n1. The average Bonchev–Trinajstić information content (AvgIpc) is 2.85. The molecule has 0 aliphatic rings. The molecule has 5 nitrogen and oxygen atoms in total. The minimum absolute atomic E-state index is 0.255. The summed E-state index contributed by atoms with van der Waals surface area (Å²) in [5.74, 6) is -0.492. The molecule has 0 N–H and O–H groups in total. The molecule has 1 heterocycles. The number of carbonyl (C=O) groups is 1. The highest BCUT2D eigenvalue weighted by Crippen LogP contribution is 2.30. The van der Waals surface area contributed by atoms with Gasteiger partial charge in [-0.25, -0.2) is 13.1 Å². The number of benzene rings is 1. The van der Waals surface area contributed by atoms with E-state index in [-0.39, 0.29) is 11.3 Å². The van der Waals surface area contributed by atoms with Crippen LogP contribution >= 0.6 is 0 Å². The second-order valence-electron chi connectivity index (χ2n) is 5.81. The van der Waals surface area contributed by atoms with Crippen molar-refractivity contribution in [2.45, 2.75) is 43.5 Å². The molecule has 0 bridgehead atoms. The van der Waals surface area contributed by atoms with E-state index in [4.69, 9.17) is 0 Å². The zero-order valence-electron chi connectivity index (χ0n) is 13.8. The Kier molecular flexibility index (Phi) is 5.08. The Hall–Kier alpha value is -2.16. The molecule has 136 valence electrons. The number of rotatable bonds is 4. The smallest absolute Gasteiger partial charge is 0.273 e. The highest BCUT2D eigenvalue weighted by atomic mass is 32.2. The molecule has 0 aliphatic carbocycles. The molecule has 0 fully saturated rings. The van der Waals surface area contributed by atoms with Crippen LogP contribution in [0.3, 0.4) is 0 Å². The Morgan fingerprint density at radius 1 is 1.20 bits per heavy atom. The summed E-state index contributed by atoms with van der Waals surface area (Å²) in [7, 11) is -3.94. The fraction of sp³-hybridized carbons (Fsp3) is 0.375. The third kappa shape index (κ3) is 4.09. The first-order chi connectivity index (χ1) is 11.4. The van der Waals surface area contributed by atoms with E-state index in [9.17, 15) is 26.4 Å². The van der Waals surface area contributed by atoms with Crippen molar-refractivity contribution in [1.82, 2.24) is 9.78 Å². The summed E-state index contributed by atoms with van der Waals surface area (Å²) < 4.78 is 63.8. The molecular weight excluding hydrogens is 357 g/mol. The van der Waals surface area contributed by atoms with Crippen LogP contribution in [0.25, 0.3) is 0 Å². The molecule has 0 aliphatic heterocycles. The molecule has 2 aromatic rings. The number of hydrogen-bond donors (Lipinski definition) is 0. The van der Waals surface area contributed by atoms with Crippen LogP contribution in [-0.2, 0) is 16.0 Å². The molecule has 1 aromatic carbocycles. The Balaban J connectivity index is 2.21. The van der Waals surface area contributed by atoms with Crippen molar-refractivity contribution in [3.8, 4) is 0 Å². The predicted molar refractivity (Wildman–Crippen MR) is 85.0 cm³/mol. The lowest BCUT2D eigenvalue weighted by molar-refractivity contribution is -0.137. The van der Waals surface area contributed by atoms with Gasteiger partial charge in [-0.3, -0.25) is 4.79 Å². The molecule has 2 rings (SSSR count). The molecule has 25 heavy (non-hydrogen) atoms. The lowest BCUT2D eigenvalue weighted by Crippen LogP contribution is -2.25. The number of carbonyl (C=O) groups excluding carboxylic acids is 1. The molecule has 0 amide bonds. The Labute approximate surface area is 143 Å². The fourth-order valence-electron chi connectivity index (χ4n) is 2.39. The first kappa shape index (κ1) is 19.2. The van der Waals surface area contributed by atoms with Crippen molar-refractivity contribution in [2.75, 3.05) is 0 Å². The highest BCUT2D eigenvalue weighted by molar-refractivity contribution is 7.92. The summed E-state index contributed by atoms with van der Waals surface area (Å²) in [6.45, 7) is 4.72. The van der Waals surface area contributed by atoms with E-state index < -0.39 is 32.7 Å². The van der Waals surface area contributed by atoms with Crippen LogP contribution in [0.4, 0.5) is 13.2 Å². The van der Waals surface area contributed by atoms with Crippen LogP contribution < -0.4 is 0 Å². The highest BCUT2D eigenvalue weighted by Gasteiger charge is 2.32. The maximum atomic E-state index is 12.6. The quantitative estimate of drug-likeness (QED) is 0.822. The van der Waals surface area contributed by atoms with Gasteiger partial charge in [0, 0.05) is 12.1 Å². The largest absolute Gasteiger partial charge is 0.416 e. The van der Waals surface area contributed by atoms with Crippen LogP contribution in [0.15, 0.2) is 35.2 Å². The molecular formula is C16H17F3N2O3S. The van der Waals surface area contributed by atoms with Crippen molar-refractivity contribution in [3.63, 3.8) is 0 Å². The van der Waals surface area contributed by atoms with Crippen LogP contribution in [0.2, 0.25) is 0 Å². The summed E-state index contributed by atoms with van der Waals surface area (Å²) in [6.07, 6.45) is -4.87. The molecule has 0 spiro atoms. The van der Waals surface area contributed by atoms with Gasteiger partial charge in [-0.15, -0.1) is 0 Å². The van der Waals surface area contributed by atoms with Gasteiger partial charge in [0.05, 0.1) is 21.4 Å². The predicted octanol–water partition coefficient (Wildman–Crippen LogP) is 3.41. The van der Waals surface area contributed by atoms with E-state index in [1.54, 1.807) is 19.9 Å². The van der Waals surface area contributed by atoms with Gasteiger partial charge in [0.2, 0.25) is 5.91 Å². The summed E-state index contributed by atoms with van der Waals surface area (Å²) in [5, 5.41) is 2.91. The van der Waals surface area contributed by atoms with Crippen molar-refractivity contribution in [2.24, 2.45) is 0 Å². The number of sulfone groups is 1. The van der Waals surface area contributed by atoms with Crippen molar-refractivity contribution >= 4 is 15.7 Å². The zero-order valence-corrected chi connectivity index (χ0v) is 14.6. The third-order valence-corrected chi connectivity index (χ3v) is 5.90. The molecule has 1 aromatic heterocycles. The van der Waals surface area contributed by atoms with Crippen LogP contribution in [-0.4, -0.2) is 29.4 Å². The number of hydrogen-bond acceptors (Lipinski definition) is 4. The Morgan fingerprint density at radius 3 is 2.20 bits per heavy atom. The van der Waals surface area contributed by atoms with Gasteiger partial charge in [0.15, 0.2) is 9.84 Å². The van der Waals surface area contributed by atoms with Crippen molar-refractivity contribution in [3.05, 3.63) is 47.3 Å². The van der Waals surface area contributed by atoms with E-state index >= 15 is 0 Å². The summed E-state index contributed by atoms with van der Waals surface area (Å²) in [6, 6.07) is 4.92. The fourth-order valence-corrected chi connectivity index (χ4v) is 3.73. The van der Waals surface area contributed by atoms with Gasteiger partial charge in [-0.2, -0.15) is 18.3 Å². The minimum atomic E-state index is -4.54. The number of aromatic nitrogens is 2. The third-order valence-electron chi connectivity index (χ3n) is 3.75. The van der Waals surface area contributed by atoms with Crippen LogP contribution in [0.1, 0.15) is 35.1 Å². The second-order valence-corrected chi connectivity index (χ2v) is 8.18. The molecule has 0 saturated carbocycles. The summed E-state index contributed by atoms with van der Waals surface area (Å²) in [4.78, 5) is 12.0. The number of aryl methyl sites for hydroxylation is 2. The minimum Gasteiger partial charge on any atom is -0.273 e. The normalized spacial score (nSPS) is 13.7. The van der Waals surface area contributed by atoms with Crippen LogP contribution in [0.5, 0.6) is 0 Å². The monoisotopic (exact) mass is 374 g/mol. The Bertz CT molecular complexity index is 884. The molecule has 1 atom stereocenters. The van der Waals surface area contributed by atoms with E-state index in [2.05, 4.69) is 5.10 Å². The second kappa shape index (κ2) is 6.62. The van der Waals surface area contributed by atoms with Crippen LogP contribution in [0, 0.1) is 13.8 Å². The molecule has 9 heteroatoms. The van der Waals surface area contributed by atoms with E-state index in [0.29, 0.717) is 23.5 Å². The lowest BCUT2D eigenvalue weighted by atomic mass is 10.2. The van der Waals surface area contributed by atoms with E-state index in [1.165, 1.54) is 6.92 Å². The van der Waals surface area contributed by atoms with Crippen molar-refractivity contribution < 1.29 is 26.4 Å². The van der Waals surface area contributed by atoms with Gasteiger partial charge in [0.25, 0.3) is 0 Å². The average molecular weight is 374 g/mol. The number of halogens is 3. The van der Waals surface area contributed by atoms with Gasteiger partial charge in [-0.1, -0.05) is 0 Å². The summed E-state index contributed by atoms with van der Waals surface area (Å²) in [5.41, 5.74) is 0.281. The van der Waals surface area contributed by atoms with E-state index in [0.717, 1.165) is 16.8 Å². The first-order valence-corrected chi connectivity index (χ1v) is 8.95. The topological polar surface area (TPSA) is 69.0 Å². The standard InChI is InChI=1S/C16H17F3N2O3S/c1-10-8-11(2)21(20-10)15(22)9-12(3)25(23,24)14-6-4-13(5-7-14)16(17,18)19/h4-8,12H,9H2,1-3H3/t12-/m1/s1. The lowest BCUT2D eigenvalue weighted by Gasteiger charge is -2.14. The van der Waals surface area contributed by atoms with Crippen molar-refractivity contribution in [1.29, 1.82) is 0 Å². The Morgan fingerprint density at radius 2 is 1.76 bits per heavy atom. The first-order valence-electron chi connectivity index (χ1n) is 7.40. The molecule has 0 radical (unpaired) electrons. The number of nitrogens with zero attached hydrogens (tertiary/aromatic N) is 2. The van der Waals surface area contributed by atoms with Gasteiger partial charge >= 0.3 is 6.18 Å². The van der Waals surface area contributed by atoms with E-state index in [1.807, 2.05) is 0 Å². The maximum Gasteiger partial charge on any atom is 0.416 e. The van der Waals surface area contributed by atoms with Gasteiger partial charge < -0.3 is 0 Å². The summed E-state index contributed by atoms with van der Waals surface area (Å²) >= 11 is 0. The number of alkyl halides is 3. The molecule has 0 unspecified atom stereocenters.